The van der Waals surface area contributed by atoms with E-state index in [-0.39, 0.29) is 18.2 Å². The van der Waals surface area contributed by atoms with Crippen LogP contribution < -0.4 is 11.1 Å². The minimum Gasteiger partial charge on any atom is -0.383 e. The summed E-state index contributed by atoms with van der Waals surface area (Å²) >= 11 is 0. The highest BCUT2D eigenvalue weighted by Crippen LogP contribution is 2.31. The average molecular weight is 371 g/mol. The monoisotopic (exact) mass is 370 g/mol. The van der Waals surface area contributed by atoms with E-state index in [0.717, 1.165) is 43.0 Å². The number of rotatable bonds is 2. The number of nitrogen functional groups attached to an aromatic ring is 1. The molecule has 0 unspecified atom stereocenters. The van der Waals surface area contributed by atoms with Crippen molar-refractivity contribution in [3.05, 3.63) is 35.8 Å². The van der Waals surface area contributed by atoms with Gasteiger partial charge in [-0.3, -0.25) is 9.36 Å². The molecule has 0 aliphatic carbocycles. The summed E-state index contributed by atoms with van der Waals surface area (Å²) in [6.45, 7) is 2.61. The normalized spacial score (nSPS) is 13.4. The molecule has 1 aliphatic heterocycles. The summed E-state index contributed by atoms with van der Waals surface area (Å²) in [5.74, 6) is 0.208. The van der Waals surface area contributed by atoms with Crippen LogP contribution in [0.3, 0.4) is 0 Å². The summed E-state index contributed by atoms with van der Waals surface area (Å²) in [4.78, 5) is 4.37. The molecule has 134 valence electrons. The molecule has 1 aliphatic rings. The molecule has 0 bridgehead atoms. The summed E-state index contributed by atoms with van der Waals surface area (Å²) < 4.78 is 3.70. The van der Waals surface area contributed by atoms with E-state index in [2.05, 4.69) is 21.5 Å². The van der Waals surface area contributed by atoms with Crippen molar-refractivity contribution in [2.75, 3.05) is 12.3 Å². The number of nitriles is 1. The van der Waals surface area contributed by atoms with E-state index in [9.17, 15) is 5.26 Å². The van der Waals surface area contributed by atoms with E-state index >= 15 is 0 Å². The Balaban J connectivity index is 0.00000196. The van der Waals surface area contributed by atoms with E-state index in [1.165, 1.54) is 0 Å². The van der Waals surface area contributed by atoms with Crippen LogP contribution in [0.2, 0.25) is 0 Å². The fourth-order valence-corrected chi connectivity index (χ4v) is 3.08. The summed E-state index contributed by atoms with van der Waals surface area (Å²) in [6, 6.07) is 6.04. The number of fused-ring (bicyclic) bond motifs is 1. The second-order valence-corrected chi connectivity index (χ2v) is 6.10. The zero-order valence-electron chi connectivity index (χ0n) is 14.3. The topological polar surface area (TPSA) is 110 Å². The molecule has 8 nitrogen and oxygen atoms in total. The fourth-order valence-electron chi connectivity index (χ4n) is 3.08. The number of aryl methyl sites for hydroxylation is 2. The maximum atomic E-state index is 9.54. The smallest absolute Gasteiger partial charge is 0.142 e. The number of pyridine rings is 1. The number of hydrogen-bond acceptors (Lipinski definition) is 6. The molecule has 0 radical (unpaired) electrons. The quantitative estimate of drug-likeness (QED) is 0.710. The van der Waals surface area contributed by atoms with E-state index in [0.29, 0.717) is 16.8 Å². The summed E-state index contributed by atoms with van der Waals surface area (Å²) in [6.07, 6.45) is 4.62. The number of nitrogens with zero attached hydrogens (tertiary/aromatic N) is 6. The molecule has 0 aromatic carbocycles. The van der Waals surface area contributed by atoms with Gasteiger partial charge < -0.3 is 11.1 Å². The Morgan fingerprint density at radius 2 is 2.15 bits per heavy atom. The summed E-state index contributed by atoms with van der Waals surface area (Å²) in [5.41, 5.74) is 10.5. The first-order valence-corrected chi connectivity index (χ1v) is 8.13. The van der Waals surface area contributed by atoms with Crippen molar-refractivity contribution in [1.29, 1.82) is 5.26 Å². The van der Waals surface area contributed by atoms with Crippen LogP contribution in [-0.4, -0.2) is 31.1 Å². The highest BCUT2D eigenvalue weighted by Gasteiger charge is 2.18. The second-order valence-electron chi connectivity index (χ2n) is 6.10. The van der Waals surface area contributed by atoms with Crippen molar-refractivity contribution < 1.29 is 0 Å². The van der Waals surface area contributed by atoms with Crippen LogP contribution in [-0.2, 0) is 20.1 Å². The molecule has 4 rings (SSSR count). The molecule has 0 saturated carbocycles. The lowest BCUT2D eigenvalue weighted by atomic mass is 10.0. The molecule has 26 heavy (non-hydrogen) atoms. The van der Waals surface area contributed by atoms with Crippen LogP contribution in [0.5, 0.6) is 0 Å². The molecule has 3 N–H and O–H groups in total. The van der Waals surface area contributed by atoms with Crippen LogP contribution >= 0.6 is 12.4 Å². The number of aromatic nitrogens is 5. The van der Waals surface area contributed by atoms with Crippen molar-refractivity contribution in [1.82, 2.24) is 29.9 Å². The Kier molecular flexibility index (Phi) is 4.93. The molecule has 0 saturated heterocycles. The van der Waals surface area contributed by atoms with Gasteiger partial charge in [0, 0.05) is 37.5 Å². The first-order chi connectivity index (χ1) is 12.2. The zero-order chi connectivity index (χ0) is 17.4. The second kappa shape index (κ2) is 7.15. The van der Waals surface area contributed by atoms with E-state index in [1.807, 2.05) is 30.1 Å². The maximum absolute atomic E-state index is 9.54. The van der Waals surface area contributed by atoms with Gasteiger partial charge in [-0.15, -0.1) is 12.4 Å². The molecule has 4 heterocycles. The standard InChI is InChI=1S/C17H18N8.ClH/c1-24-10-11(8-21-24)15-6-13(14(7-18)17(19)22-15)16-5-12-9-20-3-2-4-25(12)23-16;/h5-6,8,10,20H,2-4,9H2,1H3,(H2,19,22);1H. The predicted molar refractivity (Wildman–Crippen MR) is 100 cm³/mol. The third-order valence-corrected chi connectivity index (χ3v) is 4.33. The first kappa shape index (κ1) is 17.9. The largest absolute Gasteiger partial charge is 0.383 e. The first-order valence-electron chi connectivity index (χ1n) is 8.13. The molecule has 9 heteroatoms. The van der Waals surface area contributed by atoms with E-state index in [1.54, 1.807) is 10.9 Å². The van der Waals surface area contributed by atoms with Gasteiger partial charge in [-0.1, -0.05) is 0 Å². The van der Waals surface area contributed by atoms with Crippen molar-refractivity contribution in [2.24, 2.45) is 7.05 Å². The number of anilines is 1. The van der Waals surface area contributed by atoms with E-state index in [4.69, 9.17) is 10.8 Å². The van der Waals surface area contributed by atoms with Crippen molar-refractivity contribution in [3.63, 3.8) is 0 Å². The van der Waals surface area contributed by atoms with Gasteiger partial charge in [0.15, 0.2) is 0 Å². The Morgan fingerprint density at radius 1 is 1.31 bits per heavy atom. The summed E-state index contributed by atoms with van der Waals surface area (Å²) in [5, 5.41) is 21.8. The Morgan fingerprint density at radius 3 is 2.88 bits per heavy atom. The maximum Gasteiger partial charge on any atom is 0.142 e. The Labute approximate surface area is 157 Å². The van der Waals surface area contributed by atoms with Crippen molar-refractivity contribution in [2.45, 2.75) is 19.5 Å². The minimum atomic E-state index is 0. The number of hydrogen-bond donors (Lipinski definition) is 2. The third kappa shape index (κ3) is 3.14. The lowest BCUT2D eigenvalue weighted by Crippen LogP contribution is -2.11. The van der Waals surface area contributed by atoms with Crippen molar-refractivity contribution >= 4 is 18.2 Å². The minimum absolute atomic E-state index is 0. The van der Waals surface area contributed by atoms with Gasteiger partial charge in [-0.05, 0) is 25.1 Å². The molecule has 0 amide bonds. The van der Waals surface area contributed by atoms with Crippen LogP contribution in [0.25, 0.3) is 22.5 Å². The predicted octanol–water partition coefficient (Wildman–Crippen LogP) is 1.71. The zero-order valence-corrected chi connectivity index (χ0v) is 15.1. The van der Waals surface area contributed by atoms with Gasteiger partial charge >= 0.3 is 0 Å². The van der Waals surface area contributed by atoms with Gasteiger partial charge in [0.05, 0.1) is 23.3 Å². The Bertz CT molecular complexity index is 958. The highest BCUT2D eigenvalue weighted by molar-refractivity contribution is 5.85. The van der Waals surface area contributed by atoms with Crippen LogP contribution in [0, 0.1) is 11.3 Å². The highest BCUT2D eigenvalue weighted by atomic mass is 35.5. The van der Waals surface area contributed by atoms with Crippen LogP contribution in [0.4, 0.5) is 5.82 Å². The van der Waals surface area contributed by atoms with Crippen molar-refractivity contribution in [3.8, 4) is 28.6 Å². The molecule has 3 aromatic heterocycles. The molecular formula is C17H19ClN8. The van der Waals surface area contributed by atoms with Crippen LogP contribution in [0.15, 0.2) is 24.5 Å². The van der Waals surface area contributed by atoms with Gasteiger partial charge in [0.2, 0.25) is 0 Å². The lowest BCUT2D eigenvalue weighted by Gasteiger charge is -2.07. The fraction of sp³-hybridized carbons (Fsp3) is 0.294. The lowest BCUT2D eigenvalue weighted by molar-refractivity contribution is 0.589. The molecule has 0 atom stereocenters. The SMILES string of the molecule is Cl.Cn1cc(-c2cc(-c3cc4n(n3)CCCNC4)c(C#N)c(N)n2)cn1. The average Bonchev–Trinajstić information content (AvgIpc) is 3.15. The Hall–Kier alpha value is -2.89. The molecule has 0 spiro atoms. The summed E-state index contributed by atoms with van der Waals surface area (Å²) in [7, 11) is 1.84. The van der Waals surface area contributed by atoms with Gasteiger partial charge in [0.1, 0.15) is 17.5 Å². The van der Waals surface area contributed by atoms with Gasteiger partial charge in [-0.25, -0.2) is 4.98 Å². The molecule has 0 fully saturated rings. The van der Waals surface area contributed by atoms with Gasteiger partial charge in [-0.2, -0.15) is 15.5 Å². The number of nitrogens with one attached hydrogen (secondary N) is 1. The van der Waals surface area contributed by atoms with Gasteiger partial charge in [0.25, 0.3) is 0 Å². The number of halogens is 1. The number of nitrogens with two attached hydrogens (primary N) is 1. The molecular weight excluding hydrogens is 352 g/mol. The van der Waals surface area contributed by atoms with Crippen LogP contribution in [0.1, 0.15) is 17.7 Å². The van der Waals surface area contributed by atoms with E-state index < -0.39 is 0 Å². The molecule has 3 aromatic rings. The third-order valence-electron chi connectivity index (χ3n) is 4.33.